The smallest absolute Gasteiger partial charge is 0.227 e. The van der Waals surface area contributed by atoms with Crippen molar-refractivity contribution in [3.05, 3.63) is 182 Å². The second-order valence-corrected chi connectivity index (χ2v) is 14.6. The van der Waals surface area contributed by atoms with Crippen LogP contribution in [-0.4, -0.2) is 4.98 Å². The molecule has 54 heavy (non-hydrogen) atoms. The van der Waals surface area contributed by atoms with Crippen LogP contribution in [0.15, 0.2) is 191 Å². The Labute approximate surface area is 314 Å². The molecule has 0 fully saturated rings. The third-order valence-electron chi connectivity index (χ3n) is 10.3. The number of fused-ring (bicyclic) bond motifs is 7. The summed E-state index contributed by atoms with van der Waals surface area (Å²) < 4.78 is 15.1. The Hall–Kier alpha value is -6.95. The number of hydrogen-bond acceptors (Lipinski definition) is 5. The van der Waals surface area contributed by atoms with Crippen LogP contribution in [0.25, 0.3) is 86.9 Å². The number of hydrogen-bond donors (Lipinski definition) is 0. The van der Waals surface area contributed by atoms with E-state index in [9.17, 15) is 0 Å². The Bertz CT molecular complexity index is 3140. The number of nitrogens with zero attached hydrogens (tertiary/aromatic N) is 2. The van der Waals surface area contributed by atoms with Gasteiger partial charge in [-0.2, -0.15) is 0 Å². The lowest BCUT2D eigenvalue weighted by Crippen LogP contribution is -2.10. The number of furan rings is 1. The SMILES string of the molecule is c1ccc(-c2ccc(N(c3ccc(-c4ccc5c(c4)oc4cc6oc(-c7ccccc7)nc6cc45)cc3)c3cccc4sc5ccccc5c34)cc2)cc1. The molecule has 4 nitrogen and oxygen atoms in total. The van der Waals surface area contributed by atoms with Crippen molar-refractivity contribution in [1.29, 1.82) is 0 Å². The maximum atomic E-state index is 6.43. The fourth-order valence-electron chi connectivity index (χ4n) is 7.69. The van der Waals surface area contributed by atoms with Crippen molar-refractivity contribution in [2.75, 3.05) is 4.90 Å². The molecule has 0 aliphatic carbocycles. The van der Waals surface area contributed by atoms with Gasteiger partial charge in [0.05, 0.1) is 5.69 Å². The number of rotatable bonds is 6. The normalized spacial score (nSPS) is 11.7. The average Bonchev–Trinajstić information content (AvgIpc) is 3.94. The molecule has 8 aromatic carbocycles. The third-order valence-corrected chi connectivity index (χ3v) is 11.5. The highest BCUT2D eigenvalue weighted by Gasteiger charge is 2.19. The lowest BCUT2D eigenvalue weighted by atomic mass is 10.0. The standard InChI is InChI=1S/C49H30N2O2S/c1-3-10-31(11-4-1)32-18-23-36(24-19-32)51(42-15-9-17-47-48(42)39-14-7-8-16-46(39)54-47)37-25-20-33(21-26-37)35-22-27-38-40-29-41-45(30-44(40)52-43(38)28-35)53-49(50-41)34-12-5-2-6-13-34/h1-30H. The first-order chi connectivity index (χ1) is 26.7. The van der Waals surface area contributed by atoms with Crippen molar-refractivity contribution in [2.45, 2.75) is 0 Å². The minimum atomic E-state index is 0.608. The minimum absolute atomic E-state index is 0.608. The quantitative estimate of drug-likeness (QED) is 0.172. The summed E-state index contributed by atoms with van der Waals surface area (Å²) in [4.78, 5) is 7.17. The van der Waals surface area contributed by atoms with Gasteiger partial charge in [-0.3, -0.25) is 0 Å². The molecule has 0 spiro atoms. The largest absolute Gasteiger partial charge is 0.456 e. The van der Waals surface area contributed by atoms with E-state index in [0.29, 0.717) is 11.5 Å². The van der Waals surface area contributed by atoms with E-state index in [1.54, 1.807) is 0 Å². The molecule has 0 aliphatic heterocycles. The molecule has 0 unspecified atom stereocenters. The van der Waals surface area contributed by atoms with E-state index in [4.69, 9.17) is 13.8 Å². The predicted molar refractivity (Wildman–Crippen MR) is 225 cm³/mol. The van der Waals surface area contributed by atoms with E-state index >= 15 is 0 Å². The molecule has 5 heteroatoms. The molecular formula is C49H30N2O2S. The number of anilines is 3. The summed E-state index contributed by atoms with van der Waals surface area (Å²) in [5, 5.41) is 4.62. The average molecular weight is 711 g/mol. The van der Waals surface area contributed by atoms with Gasteiger partial charge in [0.2, 0.25) is 5.89 Å². The summed E-state index contributed by atoms with van der Waals surface area (Å²) in [7, 11) is 0. The fraction of sp³-hybridized carbons (Fsp3) is 0. The van der Waals surface area contributed by atoms with Crippen molar-refractivity contribution in [3.63, 3.8) is 0 Å². The van der Waals surface area contributed by atoms with E-state index in [-0.39, 0.29) is 0 Å². The van der Waals surface area contributed by atoms with E-state index in [1.807, 2.05) is 47.7 Å². The minimum Gasteiger partial charge on any atom is -0.456 e. The zero-order valence-electron chi connectivity index (χ0n) is 28.9. The van der Waals surface area contributed by atoms with E-state index in [0.717, 1.165) is 61.2 Å². The highest BCUT2D eigenvalue weighted by molar-refractivity contribution is 7.26. The highest BCUT2D eigenvalue weighted by Crippen LogP contribution is 2.45. The first-order valence-electron chi connectivity index (χ1n) is 18.0. The monoisotopic (exact) mass is 710 g/mol. The summed E-state index contributed by atoms with van der Waals surface area (Å²) in [6, 6.07) is 64.1. The first-order valence-corrected chi connectivity index (χ1v) is 18.8. The van der Waals surface area contributed by atoms with Gasteiger partial charge in [0.25, 0.3) is 0 Å². The Morgan fingerprint density at radius 2 is 1.02 bits per heavy atom. The van der Waals surface area contributed by atoms with Crippen molar-refractivity contribution in [1.82, 2.24) is 4.98 Å². The molecule has 254 valence electrons. The molecule has 0 N–H and O–H groups in total. The van der Waals surface area contributed by atoms with Crippen LogP contribution in [0.5, 0.6) is 0 Å². The fourth-order valence-corrected chi connectivity index (χ4v) is 8.81. The van der Waals surface area contributed by atoms with Gasteiger partial charge in [-0.15, -0.1) is 11.3 Å². The highest BCUT2D eigenvalue weighted by atomic mass is 32.1. The van der Waals surface area contributed by atoms with E-state index < -0.39 is 0 Å². The number of aromatic nitrogens is 1. The van der Waals surface area contributed by atoms with Gasteiger partial charge >= 0.3 is 0 Å². The maximum absolute atomic E-state index is 6.43. The van der Waals surface area contributed by atoms with Crippen LogP contribution in [0.4, 0.5) is 17.1 Å². The van der Waals surface area contributed by atoms with Gasteiger partial charge in [0.15, 0.2) is 5.58 Å². The van der Waals surface area contributed by atoms with Crippen LogP contribution < -0.4 is 4.90 Å². The maximum Gasteiger partial charge on any atom is 0.227 e. The van der Waals surface area contributed by atoms with Gasteiger partial charge in [-0.25, -0.2) is 4.98 Å². The summed E-state index contributed by atoms with van der Waals surface area (Å²) in [5.41, 5.74) is 12.0. The van der Waals surface area contributed by atoms with Crippen LogP contribution in [-0.2, 0) is 0 Å². The molecule has 11 aromatic rings. The Kier molecular flexibility index (Phi) is 7.00. The van der Waals surface area contributed by atoms with Crippen LogP contribution in [0.3, 0.4) is 0 Å². The lowest BCUT2D eigenvalue weighted by molar-refractivity contribution is 0.617. The molecule has 0 aliphatic rings. The zero-order valence-corrected chi connectivity index (χ0v) is 29.8. The van der Waals surface area contributed by atoms with Gasteiger partial charge < -0.3 is 13.7 Å². The topological polar surface area (TPSA) is 42.4 Å². The molecule has 3 aromatic heterocycles. The zero-order chi connectivity index (χ0) is 35.6. The molecular weight excluding hydrogens is 681 g/mol. The van der Waals surface area contributed by atoms with Crippen LogP contribution in [0.2, 0.25) is 0 Å². The van der Waals surface area contributed by atoms with E-state index in [2.05, 4.69) is 150 Å². The summed E-state index contributed by atoms with van der Waals surface area (Å²) >= 11 is 1.84. The number of oxazole rings is 1. The molecule has 0 saturated carbocycles. The van der Waals surface area contributed by atoms with Gasteiger partial charge in [-0.05, 0) is 95.1 Å². The van der Waals surface area contributed by atoms with Gasteiger partial charge in [0, 0.05) is 53.9 Å². The lowest BCUT2D eigenvalue weighted by Gasteiger charge is -2.27. The first kappa shape index (κ1) is 30.7. The molecule has 0 saturated heterocycles. The van der Waals surface area contributed by atoms with Crippen LogP contribution >= 0.6 is 11.3 Å². The van der Waals surface area contributed by atoms with Crippen LogP contribution in [0, 0.1) is 0 Å². The molecule has 0 atom stereocenters. The predicted octanol–water partition coefficient (Wildman–Crippen LogP) is 14.6. The summed E-state index contributed by atoms with van der Waals surface area (Å²) in [6.45, 7) is 0. The summed E-state index contributed by atoms with van der Waals surface area (Å²) in [5.74, 6) is 0.608. The van der Waals surface area contributed by atoms with E-state index in [1.165, 1.54) is 31.3 Å². The van der Waals surface area contributed by atoms with Crippen molar-refractivity contribution >= 4 is 81.6 Å². The molecule has 3 heterocycles. The summed E-state index contributed by atoms with van der Waals surface area (Å²) in [6.07, 6.45) is 0. The molecule has 0 radical (unpaired) electrons. The van der Waals surface area contributed by atoms with Crippen LogP contribution in [0.1, 0.15) is 0 Å². The Morgan fingerprint density at radius 1 is 0.407 bits per heavy atom. The van der Waals surface area contributed by atoms with Gasteiger partial charge in [-0.1, -0.05) is 103 Å². The Morgan fingerprint density at radius 3 is 1.78 bits per heavy atom. The second kappa shape index (κ2) is 12.3. The number of benzene rings is 8. The molecule has 0 bridgehead atoms. The van der Waals surface area contributed by atoms with Gasteiger partial charge in [0.1, 0.15) is 16.7 Å². The Balaban J connectivity index is 0.984. The second-order valence-electron chi connectivity index (χ2n) is 13.6. The molecule has 0 amide bonds. The van der Waals surface area contributed by atoms with Crippen molar-refractivity contribution in [2.24, 2.45) is 0 Å². The van der Waals surface area contributed by atoms with Crippen molar-refractivity contribution < 1.29 is 8.83 Å². The number of thiophene rings is 1. The third kappa shape index (κ3) is 5.09. The molecule has 11 rings (SSSR count). The van der Waals surface area contributed by atoms with Crippen molar-refractivity contribution in [3.8, 4) is 33.7 Å².